The number of imidazole rings is 1. The topological polar surface area (TPSA) is 38.1 Å². The van der Waals surface area contributed by atoms with E-state index in [1.807, 2.05) is 23.2 Å². The summed E-state index contributed by atoms with van der Waals surface area (Å²) in [4.78, 5) is 19.4. The maximum absolute atomic E-state index is 12.5. The van der Waals surface area contributed by atoms with Crippen LogP contribution in [0.25, 0.3) is 0 Å². The average Bonchev–Trinajstić information content (AvgIpc) is 2.88. The number of nitrogens with zero attached hydrogens (tertiary/aromatic N) is 3. The van der Waals surface area contributed by atoms with Crippen LogP contribution in [0.5, 0.6) is 0 Å². The molecule has 0 radical (unpaired) electrons. The lowest BCUT2D eigenvalue weighted by Gasteiger charge is -2.28. The molecule has 6 heteroatoms. The number of benzene rings is 1. The molecule has 2 heterocycles. The van der Waals surface area contributed by atoms with Gasteiger partial charge in [-0.05, 0) is 34.1 Å². The largest absolute Gasteiger partial charge is 0.332 e. The van der Waals surface area contributed by atoms with Gasteiger partial charge in [-0.2, -0.15) is 0 Å². The molecule has 1 aromatic heterocycles. The summed E-state index contributed by atoms with van der Waals surface area (Å²) in [6, 6.07) is 5.49. The fourth-order valence-electron chi connectivity index (χ4n) is 2.19. The van der Waals surface area contributed by atoms with Crippen LogP contribution in [-0.2, 0) is 13.1 Å². The standard InChI is InChI=1S/C13H12BrN3OS/c14-11-2-1-9(19)7-10(11)13(18)17-6-5-16-4-3-15-12(16)8-17/h1-4,7,19H,5-6,8H2. The van der Waals surface area contributed by atoms with E-state index in [1.54, 1.807) is 12.3 Å². The van der Waals surface area contributed by atoms with E-state index in [2.05, 4.69) is 38.1 Å². The fourth-order valence-corrected chi connectivity index (χ4v) is 2.81. The van der Waals surface area contributed by atoms with Crippen molar-refractivity contribution in [1.82, 2.24) is 14.5 Å². The number of rotatable bonds is 1. The van der Waals surface area contributed by atoms with Crippen LogP contribution in [-0.4, -0.2) is 26.9 Å². The van der Waals surface area contributed by atoms with Crippen molar-refractivity contribution in [3.8, 4) is 0 Å². The maximum Gasteiger partial charge on any atom is 0.255 e. The molecule has 0 bridgehead atoms. The minimum atomic E-state index is 0.0111. The van der Waals surface area contributed by atoms with E-state index in [0.717, 1.165) is 21.7 Å². The van der Waals surface area contributed by atoms with Gasteiger partial charge >= 0.3 is 0 Å². The second-order valence-electron chi connectivity index (χ2n) is 4.43. The zero-order chi connectivity index (χ0) is 13.4. The lowest BCUT2D eigenvalue weighted by molar-refractivity contribution is 0.0706. The number of halogens is 1. The fraction of sp³-hybridized carbons (Fsp3) is 0.231. The van der Waals surface area contributed by atoms with Gasteiger partial charge in [0.15, 0.2) is 0 Å². The van der Waals surface area contributed by atoms with Crippen molar-refractivity contribution >= 4 is 34.5 Å². The Hall–Kier alpha value is -1.27. The highest BCUT2D eigenvalue weighted by Crippen LogP contribution is 2.23. The van der Waals surface area contributed by atoms with E-state index in [-0.39, 0.29) is 5.91 Å². The molecule has 4 nitrogen and oxygen atoms in total. The molecule has 1 aromatic carbocycles. The van der Waals surface area contributed by atoms with Crippen LogP contribution in [0.2, 0.25) is 0 Å². The highest BCUT2D eigenvalue weighted by Gasteiger charge is 2.23. The molecule has 0 saturated heterocycles. The molecule has 0 N–H and O–H groups in total. The van der Waals surface area contributed by atoms with Crippen LogP contribution in [0.3, 0.4) is 0 Å². The normalized spacial score (nSPS) is 14.3. The summed E-state index contributed by atoms with van der Waals surface area (Å²) in [6.07, 6.45) is 3.72. The predicted molar refractivity (Wildman–Crippen MR) is 78.4 cm³/mol. The van der Waals surface area contributed by atoms with Crippen molar-refractivity contribution in [2.24, 2.45) is 0 Å². The molecule has 1 aliphatic heterocycles. The molecule has 2 aromatic rings. The zero-order valence-electron chi connectivity index (χ0n) is 10.1. The molecule has 0 saturated carbocycles. The number of carbonyl (C=O) groups is 1. The smallest absolute Gasteiger partial charge is 0.255 e. The van der Waals surface area contributed by atoms with Gasteiger partial charge in [0.1, 0.15) is 5.82 Å². The number of carbonyl (C=O) groups excluding carboxylic acids is 1. The third-order valence-electron chi connectivity index (χ3n) is 3.21. The first kappa shape index (κ1) is 12.7. The van der Waals surface area contributed by atoms with Gasteiger partial charge in [-0.25, -0.2) is 4.98 Å². The Labute approximate surface area is 125 Å². The third-order valence-corrected chi connectivity index (χ3v) is 4.18. The Morgan fingerprint density at radius 3 is 3.05 bits per heavy atom. The number of hydrogen-bond acceptors (Lipinski definition) is 3. The quantitative estimate of drug-likeness (QED) is 0.812. The maximum atomic E-state index is 12.5. The zero-order valence-corrected chi connectivity index (χ0v) is 12.6. The van der Waals surface area contributed by atoms with E-state index in [1.165, 1.54) is 0 Å². The van der Waals surface area contributed by atoms with Crippen molar-refractivity contribution in [3.05, 3.63) is 46.5 Å². The number of aromatic nitrogens is 2. The van der Waals surface area contributed by atoms with Crippen LogP contribution >= 0.6 is 28.6 Å². The lowest BCUT2D eigenvalue weighted by atomic mass is 10.2. The number of hydrogen-bond donors (Lipinski definition) is 1. The molecule has 1 aliphatic rings. The molecule has 0 unspecified atom stereocenters. The first-order chi connectivity index (χ1) is 9.15. The van der Waals surface area contributed by atoms with Crippen LogP contribution in [0.15, 0.2) is 40.0 Å². The van der Waals surface area contributed by atoms with Crippen molar-refractivity contribution in [1.29, 1.82) is 0 Å². The summed E-state index contributed by atoms with van der Waals surface area (Å²) in [7, 11) is 0. The van der Waals surface area contributed by atoms with Gasteiger partial charge in [0.05, 0.1) is 12.1 Å². The van der Waals surface area contributed by atoms with Gasteiger partial charge in [0, 0.05) is 34.9 Å². The monoisotopic (exact) mass is 337 g/mol. The lowest BCUT2D eigenvalue weighted by Crippen LogP contribution is -2.38. The Kier molecular flexibility index (Phi) is 3.36. The number of fused-ring (bicyclic) bond motifs is 1. The summed E-state index contributed by atoms with van der Waals surface area (Å²) < 4.78 is 2.87. The van der Waals surface area contributed by atoms with Gasteiger partial charge in [-0.15, -0.1) is 12.6 Å². The second-order valence-corrected chi connectivity index (χ2v) is 5.80. The van der Waals surface area contributed by atoms with Gasteiger partial charge in [0.2, 0.25) is 0 Å². The number of thiol groups is 1. The number of amides is 1. The van der Waals surface area contributed by atoms with E-state index in [9.17, 15) is 4.79 Å². The van der Waals surface area contributed by atoms with E-state index >= 15 is 0 Å². The van der Waals surface area contributed by atoms with Crippen LogP contribution in [0, 0.1) is 0 Å². The molecule has 0 atom stereocenters. The molecule has 0 aliphatic carbocycles. The second kappa shape index (κ2) is 5.02. The highest BCUT2D eigenvalue weighted by molar-refractivity contribution is 9.10. The minimum Gasteiger partial charge on any atom is -0.332 e. The van der Waals surface area contributed by atoms with Crippen molar-refractivity contribution in [2.75, 3.05) is 6.54 Å². The first-order valence-corrected chi connectivity index (χ1v) is 7.17. The SMILES string of the molecule is O=C(c1cc(S)ccc1Br)N1CCn2ccnc2C1. The Morgan fingerprint density at radius 2 is 2.21 bits per heavy atom. The van der Waals surface area contributed by atoms with E-state index in [0.29, 0.717) is 18.7 Å². The van der Waals surface area contributed by atoms with E-state index in [4.69, 9.17) is 0 Å². The summed E-state index contributed by atoms with van der Waals surface area (Å²) in [5, 5.41) is 0. The Bertz CT molecular complexity index is 641. The third kappa shape index (κ3) is 2.42. The molecular formula is C13H12BrN3OS. The molecule has 0 fully saturated rings. The molecule has 19 heavy (non-hydrogen) atoms. The molecule has 0 spiro atoms. The molecule has 98 valence electrons. The van der Waals surface area contributed by atoms with Gasteiger partial charge in [-0.1, -0.05) is 0 Å². The summed E-state index contributed by atoms with van der Waals surface area (Å²) in [6.45, 7) is 2.04. The summed E-state index contributed by atoms with van der Waals surface area (Å²) in [5.41, 5.74) is 0.646. The van der Waals surface area contributed by atoms with Gasteiger partial charge < -0.3 is 9.47 Å². The van der Waals surface area contributed by atoms with Crippen LogP contribution < -0.4 is 0 Å². The average molecular weight is 338 g/mol. The first-order valence-electron chi connectivity index (χ1n) is 5.93. The Morgan fingerprint density at radius 1 is 1.37 bits per heavy atom. The van der Waals surface area contributed by atoms with Crippen LogP contribution in [0.4, 0.5) is 0 Å². The van der Waals surface area contributed by atoms with Crippen LogP contribution in [0.1, 0.15) is 16.2 Å². The minimum absolute atomic E-state index is 0.0111. The Balaban J connectivity index is 1.87. The van der Waals surface area contributed by atoms with Crippen molar-refractivity contribution in [3.63, 3.8) is 0 Å². The van der Waals surface area contributed by atoms with Gasteiger partial charge in [-0.3, -0.25) is 4.79 Å². The molecule has 3 rings (SSSR count). The summed E-state index contributed by atoms with van der Waals surface area (Å²) >= 11 is 7.71. The van der Waals surface area contributed by atoms with Crippen molar-refractivity contribution < 1.29 is 4.79 Å². The predicted octanol–water partition coefficient (Wildman–Crippen LogP) is 2.59. The van der Waals surface area contributed by atoms with Crippen molar-refractivity contribution in [2.45, 2.75) is 18.0 Å². The molecular weight excluding hydrogens is 326 g/mol. The van der Waals surface area contributed by atoms with Gasteiger partial charge in [0.25, 0.3) is 5.91 Å². The molecule has 1 amide bonds. The highest BCUT2D eigenvalue weighted by atomic mass is 79.9. The summed E-state index contributed by atoms with van der Waals surface area (Å²) in [5.74, 6) is 0.940. The van der Waals surface area contributed by atoms with E-state index < -0.39 is 0 Å².